The van der Waals surface area contributed by atoms with E-state index in [0.29, 0.717) is 11.1 Å². The smallest absolute Gasteiger partial charge is 0.305 e. The van der Waals surface area contributed by atoms with Crippen LogP contribution in [0.1, 0.15) is 52.8 Å². The quantitative estimate of drug-likeness (QED) is 0.683. The standard InChI is InChI=1S/C21H22N2O3/c1-13-16-7-5-6-8-17(16)26-18(13)20(25)23-22-19(24)14-9-11-15(12-10-14)21(2,3)4/h5-12H,1-4H3,(H,22,24)(H,23,25). The molecule has 3 rings (SSSR count). The van der Waals surface area contributed by atoms with E-state index in [4.69, 9.17) is 4.42 Å². The van der Waals surface area contributed by atoms with Crippen molar-refractivity contribution < 1.29 is 14.0 Å². The van der Waals surface area contributed by atoms with Crippen LogP contribution in [0.5, 0.6) is 0 Å². The minimum Gasteiger partial charge on any atom is -0.451 e. The molecule has 0 aliphatic heterocycles. The van der Waals surface area contributed by atoms with Crippen LogP contribution in [-0.2, 0) is 5.41 Å². The van der Waals surface area contributed by atoms with Crippen LogP contribution in [0.4, 0.5) is 0 Å². The lowest BCUT2D eigenvalue weighted by atomic mass is 9.87. The SMILES string of the molecule is Cc1c(C(=O)NNC(=O)c2ccc(C(C)(C)C)cc2)oc2ccccc12. The third kappa shape index (κ3) is 3.47. The zero-order valence-corrected chi connectivity index (χ0v) is 15.3. The lowest BCUT2D eigenvalue weighted by Gasteiger charge is -2.19. The third-order valence-corrected chi connectivity index (χ3v) is 4.35. The van der Waals surface area contributed by atoms with E-state index in [1.165, 1.54) is 0 Å². The van der Waals surface area contributed by atoms with Crippen molar-refractivity contribution in [2.24, 2.45) is 0 Å². The summed E-state index contributed by atoms with van der Waals surface area (Å²) in [5, 5.41) is 0.877. The van der Waals surface area contributed by atoms with Crippen molar-refractivity contribution in [3.63, 3.8) is 0 Å². The van der Waals surface area contributed by atoms with Crippen LogP contribution in [0.15, 0.2) is 52.9 Å². The summed E-state index contributed by atoms with van der Waals surface area (Å²) in [7, 11) is 0. The van der Waals surface area contributed by atoms with E-state index in [0.717, 1.165) is 16.5 Å². The van der Waals surface area contributed by atoms with Crippen molar-refractivity contribution in [2.75, 3.05) is 0 Å². The molecule has 5 heteroatoms. The van der Waals surface area contributed by atoms with Gasteiger partial charge in [-0.25, -0.2) is 0 Å². The summed E-state index contributed by atoms with van der Waals surface area (Å²) < 4.78 is 5.59. The van der Waals surface area contributed by atoms with Gasteiger partial charge < -0.3 is 4.42 Å². The fraction of sp³-hybridized carbons (Fsp3) is 0.238. The highest BCUT2D eigenvalue weighted by Crippen LogP contribution is 2.24. The molecule has 26 heavy (non-hydrogen) atoms. The number of amides is 2. The van der Waals surface area contributed by atoms with E-state index in [-0.39, 0.29) is 17.1 Å². The predicted octanol–water partition coefficient (Wildman–Crippen LogP) is 4.11. The first kappa shape index (κ1) is 17.7. The Bertz CT molecular complexity index is 963. The summed E-state index contributed by atoms with van der Waals surface area (Å²) in [6.45, 7) is 8.14. The zero-order valence-electron chi connectivity index (χ0n) is 15.3. The lowest BCUT2D eigenvalue weighted by molar-refractivity contribution is 0.0831. The molecule has 134 valence electrons. The van der Waals surface area contributed by atoms with Crippen molar-refractivity contribution in [3.8, 4) is 0 Å². The second-order valence-electron chi connectivity index (χ2n) is 7.29. The normalized spacial score (nSPS) is 11.4. The monoisotopic (exact) mass is 350 g/mol. The third-order valence-electron chi connectivity index (χ3n) is 4.35. The number of fused-ring (bicyclic) bond motifs is 1. The van der Waals surface area contributed by atoms with E-state index in [9.17, 15) is 9.59 Å². The van der Waals surface area contributed by atoms with Gasteiger partial charge in [0, 0.05) is 16.5 Å². The Morgan fingerprint density at radius 3 is 2.12 bits per heavy atom. The zero-order chi connectivity index (χ0) is 18.9. The molecule has 0 bridgehead atoms. The molecule has 1 aromatic heterocycles. The second kappa shape index (κ2) is 6.67. The van der Waals surface area contributed by atoms with Crippen LogP contribution in [0.3, 0.4) is 0 Å². The molecule has 0 saturated heterocycles. The number of carbonyl (C=O) groups is 2. The molecular formula is C21H22N2O3. The summed E-state index contributed by atoms with van der Waals surface area (Å²) in [5.41, 5.74) is 7.84. The molecule has 2 aromatic carbocycles. The maximum atomic E-state index is 12.3. The van der Waals surface area contributed by atoms with Gasteiger partial charge in [-0.3, -0.25) is 20.4 Å². The molecule has 0 fully saturated rings. The molecule has 0 saturated carbocycles. The molecule has 0 unspecified atom stereocenters. The van der Waals surface area contributed by atoms with Gasteiger partial charge in [0.25, 0.3) is 5.91 Å². The maximum absolute atomic E-state index is 12.3. The van der Waals surface area contributed by atoms with Crippen LogP contribution in [-0.4, -0.2) is 11.8 Å². The average molecular weight is 350 g/mol. The number of nitrogens with one attached hydrogen (secondary N) is 2. The molecule has 0 atom stereocenters. The van der Waals surface area contributed by atoms with Crippen molar-refractivity contribution in [2.45, 2.75) is 33.1 Å². The Morgan fingerprint density at radius 2 is 1.50 bits per heavy atom. The Balaban J connectivity index is 1.69. The number of hydrazine groups is 1. The lowest BCUT2D eigenvalue weighted by Crippen LogP contribution is -2.41. The molecule has 2 amide bonds. The number of para-hydroxylation sites is 1. The average Bonchev–Trinajstić information content (AvgIpc) is 2.96. The van der Waals surface area contributed by atoms with E-state index >= 15 is 0 Å². The molecule has 1 heterocycles. The number of benzene rings is 2. The van der Waals surface area contributed by atoms with Gasteiger partial charge in [0.1, 0.15) is 5.58 Å². The Labute approximate surface area is 152 Å². The fourth-order valence-electron chi connectivity index (χ4n) is 2.75. The summed E-state index contributed by atoms with van der Waals surface area (Å²) in [5.74, 6) is -0.680. The summed E-state index contributed by atoms with van der Waals surface area (Å²) in [4.78, 5) is 24.6. The van der Waals surface area contributed by atoms with E-state index < -0.39 is 5.91 Å². The van der Waals surface area contributed by atoms with Crippen LogP contribution >= 0.6 is 0 Å². The molecule has 5 nitrogen and oxygen atoms in total. The molecule has 0 radical (unpaired) electrons. The maximum Gasteiger partial charge on any atom is 0.305 e. The number of hydrogen-bond donors (Lipinski definition) is 2. The van der Waals surface area contributed by atoms with Gasteiger partial charge >= 0.3 is 5.91 Å². The summed E-state index contributed by atoms with van der Waals surface area (Å²) >= 11 is 0. The molecule has 0 aliphatic carbocycles. The molecule has 0 spiro atoms. The Hall–Kier alpha value is -3.08. The molecular weight excluding hydrogens is 328 g/mol. The number of hydrogen-bond acceptors (Lipinski definition) is 3. The summed E-state index contributed by atoms with van der Waals surface area (Å²) in [6.07, 6.45) is 0. The first-order valence-electron chi connectivity index (χ1n) is 8.47. The topological polar surface area (TPSA) is 71.3 Å². The van der Waals surface area contributed by atoms with Gasteiger partial charge in [0.2, 0.25) is 0 Å². The van der Waals surface area contributed by atoms with Crippen LogP contribution in [0.25, 0.3) is 11.0 Å². The second-order valence-corrected chi connectivity index (χ2v) is 7.29. The first-order valence-corrected chi connectivity index (χ1v) is 8.47. The molecule has 0 aliphatic rings. The van der Waals surface area contributed by atoms with Crippen molar-refractivity contribution >= 4 is 22.8 Å². The molecule has 2 N–H and O–H groups in total. The van der Waals surface area contributed by atoms with Crippen molar-refractivity contribution in [3.05, 3.63) is 71.0 Å². The number of aryl methyl sites for hydroxylation is 1. The van der Waals surface area contributed by atoms with Crippen molar-refractivity contribution in [1.29, 1.82) is 0 Å². The number of carbonyl (C=O) groups excluding carboxylic acids is 2. The largest absolute Gasteiger partial charge is 0.451 e. The van der Waals surface area contributed by atoms with Gasteiger partial charge in [0.05, 0.1) is 0 Å². The van der Waals surface area contributed by atoms with Gasteiger partial charge in [-0.1, -0.05) is 51.1 Å². The Kier molecular flexibility index (Phi) is 4.55. The first-order chi connectivity index (χ1) is 12.3. The van der Waals surface area contributed by atoms with E-state index in [1.807, 2.05) is 37.3 Å². The number of rotatable bonds is 2. The van der Waals surface area contributed by atoms with E-state index in [2.05, 4.69) is 31.6 Å². The highest BCUT2D eigenvalue weighted by atomic mass is 16.3. The Morgan fingerprint density at radius 1 is 0.885 bits per heavy atom. The molecule has 3 aromatic rings. The predicted molar refractivity (Wildman–Crippen MR) is 101 cm³/mol. The minimum absolute atomic E-state index is 0.0159. The van der Waals surface area contributed by atoms with Gasteiger partial charge in [-0.2, -0.15) is 0 Å². The van der Waals surface area contributed by atoms with E-state index in [1.54, 1.807) is 18.2 Å². The van der Waals surface area contributed by atoms with Crippen LogP contribution in [0.2, 0.25) is 0 Å². The minimum atomic E-state index is -0.488. The van der Waals surface area contributed by atoms with Gasteiger partial charge in [0.15, 0.2) is 5.76 Å². The highest BCUT2D eigenvalue weighted by Gasteiger charge is 2.18. The number of furan rings is 1. The van der Waals surface area contributed by atoms with Gasteiger partial charge in [-0.05, 0) is 36.1 Å². The van der Waals surface area contributed by atoms with Crippen LogP contribution < -0.4 is 10.9 Å². The van der Waals surface area contributed by atoms with Crippen molar-refractivity contribution in [1.82, 2.24) is 10.9 Å². The fourth-order valence-corrected chi connectivity index (χ4v) is 2.75. The summed E-state index contributed by atoms with van der Waals surface area (Å²) in [6, 6.07) is 14.7. The highest BCUT2D eigenvalue weighted by molar-refractivity contribution is 6.01. The van der Waals surface area contributed by atoms with Crippen LogP contribution in [0, 0.1) is 6.92 Å². The van der Waals surface area contributed by atoms with Gasteiger partial charge in [-0.15, -0.1) is 0 Å².